The Hall–Kier alpha value is -1.35. The third-order valence-electron chi connectivity index (χ3n) is 2.73. The molecule has 0 spiro atoms. The molecule has 0 atom stereocenters. The molecule has 0 amide bonds. The molecule has 0 aliphatic rings. The minimum Gasteiger partial charge on any atom is -0.345 e. The molecule has 1 aromatic carbocycles. The molecule has 2 aromatic heterocycles. The van der Waals surface area contributed by atoms with Gasteiger partial charge in [-0.3, -0.25) is 0 Å². The zero-order valence-electron chi connectivity index (χ0n) is 8.79. The lowest BCUT2D eigenvalue weighted by Crippen LogP contribution is -1.78. The van der Waals surface area contributed by atoms with E-state index in [1.165, 1.54) is 21.3 Å². The number of H-pyrrole nitrogens is 1. The van der Waals surface area contributed by atoms with Gasteiger partial charge < -0.3 is 4.98 Å². The van der Waals surface area contributed by atoms with E-state index in [0.29, 0.717) is 0 Å². The van der Waals surface area contributed by atoms with E-state index < -0.39 is 0 Å². The number of hydrogen-bond acceptors (Lipinski definition) is 2. The Morgan fingerprint density at radius 3 is 3.07 bits per heavy atom. The zero-order valence-corrected chi connectivity index (χ0v) is 9.61. The Labute approximate surface area is 92.0 Å². The summed E-state index contributed by atoms with van der Waals surface area (Å²) in [5, 5.41) is 2.38. The Balaban J connectivity index is 2.43. The lowest BCUT2D eigenvalue weighted by atomic mass is 10.1. The van der Waals surface area contributed by atoms with Gasteiger partial charge in [0.1, 0.15) is 10.3 Å². The lowest BCUT2D eigenvalue weighted by molar-refractivity contribution is 1.15. The molecule has 1 N–H and O–H groups in total. The highest BCUT2D eigenvalue weighted by Gasteiger charge is 2.08. The van der Waals surface area contributed by atoms with Gasteiger partial charge in [0.25, 0.3) is 0 Å². The maximum absolute atomic E-state index is 4.56. The van der Waals surface area contributed by atoms with Crippen molar-refractivity contribution in [2.45, 2.75) is 20.3 Å². The molecule has 0 radical (unpaired) electrons. The number of benzene rings is 1. The first-order valence-corrected chi connectivity index (χ1v) is 5.97. The van der Waals surface area contributed by atoms with E-state index in [9.17, 15) is 0 Å². The van der Waals surface area contributed by atoms with Crippen LogP contribution in [0.1, 0.15) is 17.5 Å². The quantitative estimate of drug-likeness (QED) is 0.661. The van der Waals surface area contributed by atoms with Crippen molar-refractivity contribution in [3.8, 4) is 0 Å². The fraction of sp³-hybridized carbons (Fsp3) is 0.250. The fourth-order valence-electron chi connectivity index (χ4n) is 1.93. The van der Waals surface area contributed by atoms with E-state index >= 15 is 0 Å². The van der Waals surface area contributed by atoms with Crippen LogP contribution in [-0.4, -0.2) is 9.97 Å². The molecular weight excluding hydrogens is 204 g/mol. The van der Waals surface area contributed by atoms with Crippen molar-refractivity contribution in [3.63, 3.8) is 0 Å². The van der Waals surface area contributed by atoms with Crippen molar-refractivity contribution < 1.29 is 0 Å². The third-order valence-corrected chi connectivity index (χ3v) is 3.62. The minimum atomic E-state index is 1.08. The molecule has 15 heavy (non-hydrogen) atoms. The average Bonchev–Trinajstić information content (AvgIpc) is 2.73. The van der Waals surface area contributed by atoms with Gasteiger partial charge in [0.15, 0.2) is 0 Å². The van der Waals surface area contributed by atoms with E-state index in [0.717, 1.165) is 16.9 Å². The van der Waals surface area contributed by atoms with Gasteiger partial charge in [-0.05, 0) is 31.0 Å². The van der Waals surface area contributed by atoms with Gasteiger partial charge in [-0.2, -0.15) is 0 Å². The molecule has 0 aliphatic carbocycles. The minimum absolute atomic E-state index is 1.08. The molecule has 0 saturated heterocycles. The molecule has 3 aromatic rings. The summed E-state index contributed by atoms with van der Waals surface area (Å²) in [7, 11) is 0. The van der Waals surface area contributed by atoms with Crippen LogP contribution in [-0.2, 0) is 6.42 Å². The van der Waals surface area contributed by atoms with Crippen LogP contribution in [0.25, 0.3) is 21.3 Å². The summed E-state index contributed by atoms with van der Waals surface area (Å²) in [5.74, 6) is 0. The average molecular weight is 216 g/mol. The highest BCUT2D eigenvalue weighted by atomic mass is 32.1. The molecule has 3 rings (SSSR count). The molecule has 2 heterocycles. The summed E-state index contributed by atoms with van der Waals surface area (Å²) in [4.78, 5) is 9.16. The van der Waals surface area contributed by atoms with Crippen molar-refractivity contribution in [1.82, 2.24) is 9.97 Å². The zero-order chi connectivity index (χ0) is 10.4. The number of thiazole rings is 1. The molecule has 76 valence electrons. The SMILES string of the molecule is CCc1ccc2[nH]c3sc(C)nc3c2c1. The first-order valence-electron chi connectivity index (χ1n) is 5.15. The van der Waals surface area contributed by atoms with Gasteiger partial charge in [0, 0.05) is 10.9 Å². The fourth-order valence-corrected chi connectivity index (χ4v) is 2.78. The van der Waals surface area contributed by atoms with Gasteiger partial charge in [0.2, 0.25) is 0 Å². The standard InChI is InChI=1S/C12H12N2S/c1-3-8-4-5-10-9(6-8)11-12(14-10)15-7(2)13-11/h4-6,14H,3H2,1-2H3. The van der Waals surface area contributed by atoms with E-state index in [1.54, 1.807) is 11.3 Å². The largest absolute Gasteiger partial charge is 0.345 e. The predicted molar refractivity (Wildman–Crippen MR) is 65.6 cm³/mol. The summed E-state index contributed by atoms with van der Waals surface area (Å²) in [6, 6.07) is 6.57. The van der Waals surface area contributed by atoms with Gasteiger partial charge >= 0.3 is 0 Å². The van der Waals surface area contributed by atoms with Gasteiger partial charge in [-0.25, -0.2) is 4.98 Å². The summed E-state index contributed by atoms with van der Waals surface area (Å²) < 4.78 is 0. The second-order valence-electron chi connectivity index (χ2n) is 3.77. The number of aryl methyl sites for hydroxylation is 2. The summed E-state index contributed by atoms with van der Waals surface area (Å²) in [6.45, 7) is 4.23. The Bertz CT molecular complexity index is 633. The second kappa shape index (κ2) is 3.07. The van der Waals surface area contributed by atoms with Crippen molar-refractivity contribution in [1.29, 1.82) is 0 Å². The molecule has 0 aliphatic heterocycles. The first kappa shape index (κ1) is 8.92. The Morgan fingerprint density at radius 1 is 1.40 bits per heavy atom. The smallest absolute Gasteiger partial charge is 0.121 e. The van der Waals surface area contributed by atoms with Crippen LogP contribution in [0.15, 0.2) is 18.2 Å². The number of nitrogens with one attached hydrogen (secondary N) is 1. The van der Waals surface area contributed by atoms with Crippen LogP contribution >= 0.6 is 11.3 Å². The van der Waals surface area contributed by atoms with Crippen molar-refractivity contribution in [2.75, 3.05) is 0 Å². The normalized spacial score (nSPS) is 11.6. The third kappa shape index (κ3) is 1.27. The predicted octanol–water partition coefficient (Wildman–Crippen LogP) is 3.65. The van der Waals surface area contributed by atoms with Gasteiger partial charge in [-0.15, -0.1) is 11.3 Å². The maximum Gasteiger partial charge on any atom is 0.121 e. The Morgan fingerprint density at radius 2 is 2.27 bits per heavy atom. The monoisotopic (exact) mass is 216 g/mol. The molecule has 2 nitrogen and oxygen atoms in total. The van der Waals surface area contributed by atoms with E-state index in [2.05, 4.69) is 35.1 Å². The van der Waals surface area contributed by atoms with E-state index in [4.69, 9.17) is 0 Å². The molecule has 0 bridgehead atoms. The summed E-state index contributed by atoms with van der Waals surface area (Å²) in [6.07, 6.45) is 1.08. The maximum atomic E-state index is 4.56. The number of aromatic nitrogens is 2. The Kier molecular flexibility index (Phi) is 1.83. The number of nitrogens with zero attached hydrogens (tertiary/aromatic N) is 1. The van der Waals surface area contributed by atoms with Crippen LogP contribution in [0, 0.1) is 6.92 Å². The molecule has 0 unspecified atom stereocenters. The van der Waals surface area contributed by atoms with Crippen LogP contribution in [0.2, 0.25) is 0 Å². The van der Waals surface area contributed by atoms with E-state index in [-0.39, 0.29) is 0 Å². The summed E-state index contributed by atoms with van der Waals surface area (Å²) >= 11 is 1.72. The van der Waals surface area contributed by atoms with E-state index in [1.807, 2.05) is 6.92 Å². The number of rotatable bonds is 1. The van der Waals surface area contributed by atoms with Crippen LogP contribution in [0.4, 0.5) is 0 Å². The number of aromatic amines is 1. The lowest BCUT2D eigenvalue weighted by Gasteiger charge is -1.95. The van der Waals surface area contributed by atoms with Crippen molar-refractivity contribution in [2.24, 2.45) is 0 Å². The first-order chi connectivity index (χ1) is 7.28. The summed E-state index contributed by atoms with van der Waals surface area (Å²) in [5.41, 5.74) is 3.69. The number of hydrogen-bond donors (Lipinski definition) is 1. The van der Waals surface area contributed by atoms with Crippen molar-refractivity contribution >= 4 is 32.6 Å². The highest BCUT2D eigenvalue weighted by Crippen LogP contribution is 2.29. The second-order valence-corrected chi connectivity index (χ2v) is 4.97. The number of fused-ring (bicyclic) bond motifs is 3. The van der Waals surface area contributed by atoms with Crippen LogP contribution in [0.5, 0.6) is 0 Å². The molecular formula is C12H12N2S. The van der Waals surface area contributed by atoms with Gasteiger partial charge in [-0.1, -0.05) is 13.0 Å². The molecule has 0 saturated carbocycles. The van der Waals surface area contributed by atoms with Gasteiger partial charge in [0.05, 0.1) is 5.01 Å². The van der Waals surface area contributed by atoms with Crippen LogP contribution < -0.4 is 0 Å². The topological polar surface area (TPSA) is 28.7 Å². The molecule has 0 fully saturated rings. The highest BCUT2D eigenvalue weighted by molar-refractivity contribution is 7.18. The van der Waals surface area contributed by atoms with Crippen LogP contribution in [0.3, 0.4) is 0 Å². The molecule has 3 heteroatoms. The van der Waals surface area contributed by atoms with Crippen molar-refractivity contribution in [3.05, 3.63) is 28.8 Å².